The number of aromatic nitrogens is 4. The van der Waals surface area contributed by atoms with Crippen molar-refractivity contribution in [1.29, 1.82) is 0 Å². The van der Waals surface area contributed by atoms with Crippen molar-refractivity contribution in [3.8, 4) is 0 Å². The maximum absolute atomic E-state index is 12.4. The predicted molar refractivity (Wildman–Crippen MR) is 102 cm³/mol. The van der Waals surface area contributed by atoms with Gasteiger partial charge in [0.25, 0.3) is 5.56 Å². The van der Waals surface area contributed by atoms with Crippen molar-refractivity contribution in [2.24, 2.45) is 0 Å². The fourth-order valence-corrected chi connectivity index (χ4v) is 2.89. The molecule has 0 spiro atoms. The van der Waals surface area contributed by atoms with Crippen molar-refractivity contribution in [1.82, 2.24) is 19.7 Å². The van der Waals surface area contributed by atoms with Gasteiger partial charge < -0.3 is 4.90 Å². The summed E-state index contributed by atoms with van der Waals surface area (Å²) in [5.74, 6) is 0.467. The zero-order chi connectivity index (χ0) is 18.4. The Morgan fingerprint density at radius 2 is 1.96 bits per heavy atom. The lowest BCUT2D eigenvalue weighted by Crippen LogP contribution is -2.26. The van der Waals surface area contributed by atoms with Gasteiger partial charge in [0.2, 0.25) is 5.95 Å². The molecule has 0 radical (unpaired) electrons. The van der Waals surface area contributed by atoms with Gasteiger partial charge in [-0.3, -0.25) is 9.78 Å². The van der Waals surface area contributed by atoms with Crippen molar-refractivity contribution < 1.29 is 0 Å². The van der Waals surface area contributed by atoms with Crippen molar-refractivity contribution in [3.63, 3.8) is 0 Å². The van der Waals surface area contributed by atoms with Crippen LogP contribution >= 0.6 is 23.2 Å². The summed E-state index contributed by atoms with van der Waals surface area (Å²) in [6.45, 7) is 6.57. The smallest absolute Gasteiger partial charge is 0.263 e. The minimum Gasteiger partial charge on any atom is -0.341 e. The summed E-state index contributed by atoms with van der Waals surface area (Å²) < 4.78 is 1.76. The average Bonchev–Trinajstić information content (AvgIpc) is 2.95. The van der Waals surface area contributed by atoms with Crippen molar-refractivity contribution >= 4 is 40.2 Å². The van der Waals surface area contributed by atoms with Crippen LogP contribution in [0.3, 0.4) is 0 Å². The number of hydrogen-bond donors (Lipinski definition) is 1. The molecule has 2 aromatic heterocycles. The molecule has 3 rings (SSSR count). The van der Waals surface area contributed by atoms with Gasteiger partial charge in [-0.05, 0) is 38.5 Å². The highest BCUT2D eigenvalue weighted by atomic mass is 35.5. The van der Waals surface area contributed by atoms with Gasteiger partial charge in [0.15, 0.2) is 5.65 Å². The fourth-order valence-electron chi connectivity index (χ4n) is 2.57. The van der Waals surface area contributed by atoms with Gasteiger partial charge in [0.1, 0.15) is 5.39 Å². The summed E-state index contributed by atoms with van der Waals surface area (Å²) in [6, 6.07) is 5.44. The molecule has 0 saturated heterocycles. The Morgan fingerprint density at radius 3 is 2.60 bits per heavy atom. The first-order chi connectivity index (χ1) is 11.7. The summed E-state index contributed by atoms with van der Waals surface area (Å²) >= 11 is 12.0. The number of nitrogens with zero attached hydrogens (tertiary/aromatic N) is 4. The van der Waals surface area contributed by atoms with E-state index >= 15 is 0 Å². The second-order valence-electron chi connectivity index (χ2n) is 6.96. The Bertz CT molecular complexity index is 987. The summed E-state index contributed by atoms with van der Waals surface area (Å²) in [5.41, 5.74) is 1.04. The van der Waals surface area contributed by atoms with Crippen LogP contribution in [-0.2, 0) is 12.1 Å². The zero-order valence-corrected chi connectivity index (χ0v) is 16.0. The minimum absolute atomic E-state index is 0.212. The Balaban J connectivity index is 2.00. The van der Waals surface area contributed by atoms with Crippen LogP contribution in [0.15, 0.2) is 29.2 Å². The standard InChI is InChI=1S/C17H19Cl2N5O/c1-17(2,3)24-14-11(8-20-24)15(25)22-16(21-14)23(4)9-10-5-6-12(18)13(19)7-10/h5-8H,9H2,1-4H3,(H,21,22,25). The monoisotopic (exact) mass is 379 g/mol. The van der Waals surface area contributed by atoms with Crippen molar-refractivity contribution in [3.05, 3.63) is 50.4 Å². The molecule has 25 heavy (non-hydrogen) atoms. The fraction of sp³-hybridized carbons (Fsp3) is 0.353. The van der Waals surface area contributed by atoms with E-state index in [2.05, 4.69) is 15.1 Å². The maximum atomic E-state index is 12.4. The highest BCUT2D eigenvalue weighted by Gasteiger charge is 2.20. The van der Waals surface area contributed by atoms with E-state index in [4.69, 9.17) is 23.2 Å². The molecule has 0 fully saturated rings. The molecule has 1 N–H and O–H groups in total. The largest absolute Gasteiger partial charge is 0.341 e. The van der Waals surface area contributed by atoms with E-state index in [0.29, 0.717) is 33.6 Å². The van der Waals surface area contributed by atoms with E-state index in [0.717, 1.165) is 5.56 Å². The summed E-state index contributed by atoms with van der Waals surface area (Å²) in [6.07, 6.45) is 1.55. The van der Waals surface area contributed by atoms with Crippen molar-refractivity contribution in [2.45, 2.75) is 32.9 Å². The normalized spacial score (nSPS) is 11.9. The van der Waals surface area contributed by atoms with Crippen LogP contribution < -0.4 is 10.5 Å². The first kappa shape index (κ1) is 17.8. The summed E-state index contributed by atoms with van der Waals surface area (Å²) in [4.78, 5) is 21.6. The average molecular weight is 380 g/mol. The molecule has 0 atom stereocenters. The molecule has 0 amide bonds. The quantitative estimate of drug-likeness (QED) is 0.750. The Labute approximate surface area is 155 Å². The maximum Gasteiger partial charge on any atom is 0.263 e. The molecule has 132 valence electrons. The van der Waals surface area contributed by atoms with Crippen LogP contribution in [0.2, 0.25) is 10.0 Å². The summed E-state index contributed by atoms with van der Waals surface area (Å²) in [5, 5.41) is 5.80. The second kappa shape index (κ2) is 6.35. The lowest BCUT2D eigenvalue weighted by molar-refractivity contribution is 0.366. The van der Waals surface area contributed by atoms with E-state index < -0.39 is 0 Å². The number of fused-ring (bicyclic) bond motifs is 1. The van der Waals surface area contributed by atoms with Gasteiger partial charge in [0, 0.05) is 13.6 Å². The van der Waals surface area contributed by atoms with E-state index in [-0.39, 0.29) is 11.1 Å². The molecule has 2 heterocycles. The molecule has 0 aliphatic rings. The van der Waals surface area contributed by atoms with E-state index in [1.807, 2.05) is 38.8 Å². The topological polar surface area (TPSA) is 66.8 Å². The third-order valence-electron chi connectivity index (χ3n) is 3.83. The van der Waals surface area contributed by atoms with Crippen LogP contribution in [0.1, 0.15) is 26.3 Å². The molecule has 0 saturated carbocycles. The number of rotatable bonds is 3. The number of H-pyrrole nitrogens is 1. The summed E-state index contributed by atoms with van der Waals surface area (Å²) in [7, 11) is 1.85. The number of halogens is 2. The van der Waals surface area contributed by atoms with Gasteiger partial charge >= 0.3 is 0 Å². The molecule has 0 bridgehead atoms. The number of anilines is 1. The first-order valence-corrected chi connectivity index (χ1v) is 8.56. The van der Waals surface area contributed by atoms with Crippen LogP contribution in [0, 0.1) is 0 Å². The Hall–Kier alpha value is -2.05. The molecular weight excluding hydrogens is 361 g/mol. The lowest BCUT2D eigenvalue weighted by atomic mass is 10.1. The Kier molecular flexibility index (Phi) is 4.51. The Morgan fingerprint density at radius 1 is 1.24 bits per heavy atom. The first-order valence-electron chi connectivity index (χ1n) is 7.80. The number of aromatic amines is 1. The SMILES string of the molecule is CN(Cc1ccc(Cl)c(Cl)c1)c1nc2c(cnn2C(C)(C)C)c(=O)[nH]1. The lowest BCUT2D eigenvalue weighted by Gasteiger charge is -2.21. The van der Waals surface area contributed by atoms with Crippen LogP contribution in [0.25, 0.3) is 11.0 Å². The minimum atomic E-state index is -0.276. The second-order valence-corrected chi connectivity index (χ2v) is 7.77. The number of hydrogen-bond acceptors (Lipinski definition) is 4. The van der Waals surface area contributed by atoms with Gasteiger partial charge in [-0.2, -0.15) is 10.1 Å². The molecule has 3 aromatic rings. The molecule has 0 aliphatic carbocycles. The number of benzene rings is 1. The van der Waals surface area contributed by atoms with Crippen LogP contribution in [-0.4, -0.2) is 26.8 Å². The van der Waals surface area contributed by atoms with E-state index in [1.165, 1.54) is 0 Å². The number of nitrogens with one attached hydrogen (secondary N) is 1. The van der Waals surface area contributed by atoms with Gasteiger partial charge in [0.05, 0.1) is 21.8 Å². The highest BCUT2D eigenvalue weighted by molar-refractivity contribution is 6.42. The van der Waals surface area contributed by atoms with Gasteiger partial charge in [-0.15, -0.1) is 0 Å². The van der Waals surface area contributed by atoms with Crippen molar-refractivity contribution in [2.75, 3.05) is 11.9 Å². The van der Waals surface area contributed by atoms with E-state index in [9.17, 15) is 4.79 Å². The highest BCUT2D eigenvalue weighted by Crippen LogP contribution is 2.24. The molecule has 0 unspecified atom stereocenters. The molecule has 0 aliphatic heterocycles. The zero-order valence-electron chi connectivity index (χ0n) is 14.5. The predicted octanol–water partition coefficient (Wildman–Crippen LogP) is 3.82. The van der Waals surface area contributed by atoms with Gasteiger partial charge in [-0.1, -0.05) is 29.3 Å². The van der Waals surface area contributed by atoms with Crippen LogP contribution in [0.5, 0.6) is 0 Å². The van der Waals surface area contributed by atoms with Gasteiger partial charge in [-0.25, -0.2) is 4.68 Å². The third-order valence-corrected chi connectivity index (χ3v) is 4.57. The third kappa shape index (κ3) is 3.50. The molecule has 1 aromatic carbocycles. The molecule has 6 nitrogen and oxygen atoms in total. The molecular formula is C17H19Cl2N5O. The molecule has 8 heteroatoms. The van der Waals surface area contributed by atoms with Crippen LogP contribution in [0.4, 0.5) is 5.95 Å². The van der Waals surface area contributed by atoms with E-state index in [1.54, 1.807) is 23.0 Å².